The number of para-hydroxylation sites is 1. The Morgan fingerprint density at radius 3 is 2.65 bits per heavy atom. The van der Waals surface area contributed by atoms with Crippen molar-refractivity contribution in [2.45, 2.75) is 25.8 Å². The summed E-state index contributed by atoms with van der Waals surface area (Å²) in [5, 5.41) is 4.48. The van der Waals surface area contributed by atoms with Gasteiger partial charge in [0.25, 0.3) is 5.91 Å². The Kier molecular flexibility index (Phi) is 7.44. The van der Waals surface area contributed by atoms with Crippen molar-refractivity contribution in [3.63, 3.8) is 0 Å². The van der Waals surface area contributed by atoms with E-state index < -0.39 is 6.04 Å². The molecular formula is C25H26Cl2N4O3. The first-order valence-corrected chi connectivity index (χ1v) is 12.1. The molecule has 2 amide bonds. The van der Waals surface area contributed by atoms with Crippen molar-refractivity contribution in [1.82, 2.24) is 15.2 Å². The zero-order valence-electron chi connectivity index (χ0n) is 18.8. The van der Waals surface area contributed by atoms with Crippen molar-refractivity contribution in [3.05, 3.63) is 74.5 Å². The molecule has 9 heteroatoms. The molecule has 4 rings (SSSR count). The average Bonchev–Trinajstić information content (AvgIpc) is 2.84. The molecule has 2 N–H and O–H groups in total. The van der Waals surface area contributed by atoms with Gasteiger partial charge in [-0.05, 0) is 30.7 Å². The molecule has 1 aliphatic rings. The number of anilines is 1. The molecule has 1 aliphatic heterocycles. The van der Waals surface area contributed by atoms with E-state index in [0.29, 0.717) is 47.1 Å². The molecule has 3 aromatic rings. The van der Waals surface area contributed by atoms with Crippen LogP contribution in [0.15, 0.2) is 53.3 Å². The SMILES string of the molecule is CCCCNC(=O)C1CN(c2ccc(Cl)c(Cl)c2)CCN1C(=O)c1cc(=O)[nH]c2ccccc12. The van der Waals surface area contributed by atoms with E-state index in [1.807, 2.05) is 24.0 Å². The first kappa shape index (κ1) is 24.1. The molecule has 1 saturated heterocycles. The Labute approximate surface area is 207 Å². The minimum absolute atomic E-state index is 0.222. The lowest BCUT2D eigenvalue weighted by Crippen LogP contribution is -2.61. The Hall–Kier alpha value is -3.03. The highest BCUT2D eigenvalue weighted by molar-refractivity contribution is 6.42. The second-order valence-corrected chi connectivity index (χ2v) is 9.11. The Morgan fingerprint density at radius 1 is 1.09 bits per heavy atom. The largest absolute Gasteiger partial charge is 0.367 e. The van der Waals surface area contributed by atoms with Gasteiger partial charge in [0, 0.05) is 48.8 Å². The molecule has 178 valence electrons. The van der Waals surface area contributed by atoms with Crippen LogP contribution in [0.3, 0.4) is 0 Å². The van der Waals surface area contributed by atoms with Crippen LogP contribution in [0.1, 0.15) is 30.1 Å². The van der Waals surface area contributed by atoms with Crippen LogP contribution in [0.25, 0.3) is 10.9 Å². The third-order valence-electron chi connectivity index (χ3n) is 6.02. The molecule has 2 heterocycles. The van der Waals surface area contributed by atoms with Gasteiger partial charge in [-0.15, -0.1) is 0 Å². The van der Waals surface area contributed by atoms with Crippen molar-refractivity contribution in [2.75, 3.05) is 31.1 Å². The first-order valence-electron chi connectivity index (χ1n) is 11.3. The van der Waals surface area contributed by atoms with Gasteiger partial charge in [-0.25, -0.2) is 0 Å². The quantitative estimate of drug-likeness (QED) is 0.499. The van der Waals surface area contributed by atoms with E-state index in [-0.39, 0.29) is 22.9 Å². The van der Waals surface area contributed by atoms with Crippen LogP contribution < -0.4 is 15.8 Å². The van der Waals surface area contributed by atoms with Gasteiger partial charge >= 0.3 is 0 Å². The number of amides is 2. The van der Waals surface area contributed by atoms with Gasteiger partial charge in [0.2, 0.25) is 11.5 Å². The predicted octanol–water partition coefficient (Wildman–Crippen LogP) is 4.08. The monoisotopic (exact) mass is 500 g/mol. The summed E-state index contributed by atoms with van der Waals surface area (Å²) in [6, 6.07) is 13.1. The molecular weight excluding hydrogens is 475 g/mol. The number of halogens is 2. The summed E-state index contributed by atoms with van der Waals surface area (Å²) >= 11 is 12.3. The molecule has 34 heavy (non-hydrogen) atoms. The smallest absolute Gasteiger partial charge is 0.255 e. The van der Waals surface area contributed by atoms with Gasteiger partial charge in [-0.3, -0.25) is 14.4 Å². The maximum atomic E-state index is 13.7. The van der Waals surface area contributed by atoms with E-state index in [2.05, 4.69) is 10.3 Å². The molecule has 0 saturated carbocycles. The number of piperazine rings is 1. The number of H-pyrrole nitrogens is 1. The maximum Gasteiger partial charge on any atom is 0.255 e. The highest BCUT2D eigenvalue weighted by Gasteiger charge is 2.36. The summed E-state index contributed by atoms with van der Waals surface area (Å²) in [5.41, 5.74) is 1.33. The lowest BCUT2D eigenvalue weighted by molar-refractivity contribution is -0.125. The minimum atomic E-state index is -0.731. The fourth-order valence-electron chi connectivity index (χ4n) is 4.21. The number of aromatic nitrogens is 1. The average molecular weight is 501 g/mol. The van der Waals surface area contributed by atoms with Gasteiger partial charge in [0.15, 0.2) is 0 Å². The van der Waals surface area contributed by atoms with Gasteiger partial charge in [-0.1, -0.05) is 54.7 Å². The molecule has 0 spiro atoms. The second-order valence-electron chi connectivity index (χ2n) is 8.30. The lowest BCUT2D eigenvalue weighted by atomic mass is 10.0. The molecule has 0 aliphatic carbocycles. The second kappa shape index (κ2) is 10.5. The number of aromatic amines is 1. The number of rotatable bonds is 6. The van der Waals surface area contributed by atoms with E-state index in [1.54, 1.807) is 35.2 Å². The van der Waals surface area contributed by atoms with Crippen molar-refractivity contribution in [2.24, 2.45) is 0 Å². The number of unbranched alkanes of at least 4 members (excludes halogenated alkanes) is 1. The van der Waals surface area contributed by atoms with Gasteiger partial charge in [0.1, 0.15) is 6.04 Å². The number of hydrogen-bond donors (Lipinski definition) is 2. The normalized spacial score (nSPS) is 16.0. The Morgan fingerprint density at radius 2 is 1.88 bits per heavy atom. The summed E-state index contributed by atoms with van der Waals surface area (Å²) in [6.45, 7) is 3.69. The summed E-state index contributed by atoms with van der Waals surface area (Å²) in [7, 11) is 0. The van der Waals surface area contributed by atoms with E-state index in [1.165, 1.54) is 6.07 Å². The summed E-state index contributed by atoms with van der Waals surface area (Å²) < 4.78 is 0. The Balaban J connectivity index is 1.66. The summed E-state index contributed by atoms with van der Waals surface area (Å²) in [4.78, 5) is 45.5. The lowest BCUT2D eigenvalue weighted by Gasteiger charge is -2.41. The van der Waals surface area contributed by atoms with Crippen molar-refractivity contribution >= 4 is 51.6 Å². The number of benzene rings is 2. The third-order valence-corrected chi connectivity index (χ3v) is 6.76. The standard InChI is InChI=1S/C25H26Cl2N4O3/c1-2-3-10-28-24(33)22-15-30(16-8-9-19(26)20(27)13-16)11-12-31(22)25(34)18-14-23(32)29-21-7-5-4-6-17(18)21/h4-9,13-14,22H,2-3,10-12,15H2,1H3,(H,28,33)(H,29,32). The van der Waals surface area contributed by atoms with Gasteiger partial charge in [-0.2, -0.15) is 0 Å². The van der Waals surface area contributed by atoms with Crippen molar-refractivity contribution in [1.29, 1.82) is 0 Å². The first-order chi connectivity index (χ1) is 16.4. The van der Waals surface area contributed by atoms with Crippen LogP contribution in [0.5, 0.6) is 0 Å². The summed E-state index contributed by atoms with van der Waals surface area (Å²) in [6.07, 6.45) is 1.80. The van der Waals surface area contributed by atoms with Crippen LogP contribution in [-0.4, -0.2) is 53.9 Å². The van der Waals surface area contributed by atoms with E-state index in [4.69, 9.17) is 23.2 Å². The number of nitrogens with one attached hydrogen (secondary N) is 2. The zero-order chi connectivity index (χ0) is 24.2. The number of nitrogens with zero attached hydrogens (tertiary/aromatic N) is 2. The number of pyridine rings is 1. The Bertz CT molecular complexity index is 1280. The number of carbonyl (C=O) groups excluding carboxylic acids is 2. The number of hydrogen-bond acceptors (Lipinski definition) is 4. The maximum absolute atomic E-state index is 13.7. The highest BCUT2D eigenvalue weighted by Crippen LogP contribution is 2.29. The molecule has 1 unspecified atom stereocenters. The molecule has 7 nitrogen and oxygen atoms in total. The van der Waals surface area contributed by atoms with Gasteiger partial charge < -0.3 is 20.1 Å². The van der Waals surface area contributed by atoms with Crippen molar-refractivity contribution in [3.8, 4) is 0 Å². The van der Waals surface area contributed by atoms with Crippen LogP contribution in [-0.2, 0) is 4.79 Å². The van der Waals surface area contributed by atoms with E-state index in [0.717, 1.165) is 18.5 Å². The number of carbonyl (C=O) groups is 2. The van der Waals surface area contributed by atoms with Crippen LogP contribution in [0, 0.1) is 0 Å². The predicted molar refractivity (Wildman–Crippen MR) is 136 cm³/mol. The molecule has 2 aromatic carbocycles. The molecule has 1 aromatic heterocycles. The minimum Gasteiger partial charge on any atom is -0.367 e. The fraction of sp³-hybridized carbons (Fsp3) is 0.320. The zero-order valence-corrected chi connectivity index (χ0v) is 20.3. The van der Waals surface area contributed by atoms with Crippen molar-refractivity contribution < 1.29 is 9.59 Å². The van der Waals surface area contributed by atoms with Crippen LogP contribution in [0.4, 0.5) is 5.69 Å². The van der Waals surface area contributed by atoms with Gasteiger partial charge in [0.05, 0.1) is 15.6 Å². The fourth-order valence-corrected chi connectivity index (χ4v) is 4.50. The van der Waals surface area contributed by atoms with E-state index in [9.17, 15) is 14.4 Å². The summed E-state index contributed by atoms with van der Waals surface area (Å²) in [5.74, 6) is -0.563. The molecule has 1 fully saturated rings. The highest BCUT2D eigenvalue weighted by atomic mass is 35.5. The topological polar surface area (TPSA) is 85.5 Å². The van der Waals surface area contributed by atoms with Crippen LogP contribution in [0.2, 0.25) is 10.0 Å². The number of fused-ring (bicyclic) bond motifs is 1. The molecule has 0 bridgehead atoms. The van der Waals surface area contributed by atoms with Crippen LogP contribution >= 0.6 is 23.2 Å². The third kappa shape index (κ3) is 5.05. The van der Waals surface area contributed by atoms with E-state index >= 15 is 0 Å². The molecule has 0 radical (unpaired) electrons. The molecule has 1 atom stereocenters.